The fourth-order valence-electron chi connectivity index (χ4n) is 1.98. The van der Waals surface area contributed by atoms with Crippen LogP contribution in [0, 0.1) is 0 Å². The molecule has 0 bridgehead atoms. The number of nitrogens with one attached hydrogen (secondary N) is 1. The summed E-state index contributed by atoms with van der Waals surface area (Å²) in [5.74, 6) is 1.37. The Morgan fingerprint density at radius 1 is 1.50 bits per heavy atom. The third-order valence-electron chi connectivity index (χ3n) is 3.02. The van der Waals surface area contributed by atoms with E-state index in [1.807, 2.05) is 0 Å². The predicted octanol–water partition coefficient (Wildman–Crippen LogP) is 1.91. The third kappa shape index (κ3) is 3.23. The molecule has 1 saturated heterocycles. The first-order chi connectivity index (χ1) is 8.70. The molecule has 1 aliphatic rings. The van der Waals surface area contributed by atoms with E-state index in [2.05, 4.69) is 27.1 Å². The van der Waals surface area contributed by atoms with Gasteiger partial charge in [0.25, 0.3) is 0 Å². The number of aliphatic hydroxyl groups excluding tert-OH is 1. The number of anilines is 2. The second-order valence-electron chi connectivity index (χ2n) is 4.51. The van der Waals surface area contributed by atoms with Gasteiger partial charge in [0, 0.05) is 19.6 Å². The van der Waals surface area contributed by atoms with Crippen molar-refractivity contribution in [3.8, 4) is 0 Å². The van der Waals surface area contributed by atoms with Crippen LogP contribution < -0.4 is 10.2 Å². The van der Waals surface area contributed by atoms with E-state index in [4.69, 9.17) is 11.6 Å². The number of rotatable bonds is 4. The van der Waals surface area contributed by atoms with Gasteiger partial charge in [-0.25, -0.2) is 4.98 Å². The monoisotopic (exact) mass is 270 g/mol. The molecule has 0 saturated carbocycles. The fraction of sp³-hybridized carbons (Fsp3) is 0.667. The average Bonchev–Trinajstić information content (AvgIpc) is 2.39. The summed E-state index contributed by atoms with van der Waals surface area (Å²) >= 11 is 6.14. The Bertz CT molecular complexity index is 394. The summed E-state index contributed by atoms with van der Waals surface area (Å²) in [5.41, 5.74) is 0. The molecule has 1 aromatic heterocycles. The second kappa shape index (κ2) is 6.20. The number of hydrogen-bond donors (Lipinski definition) is 2. The Hall–Kier alpha value is -1.07. The van der Waals surface area contributed by atoms with Crippen molar-refractivity contribution in [1.82, 2.24) is 9.97 Å². The van der Waals surface area contributed by atoms with Gasteiger partial charge in [0.2, 0.25) is 5.95 Å². The minimum Gasteiger partial charge on any atom is -0.393 e. The SMILES string of the molecule is CCCNc1ncc(Cl)c(N2CCC(O)CC2)n1. The summed E-state index contributed by atoms with van der Waals surface area (Å²) in [5, 5.41) is 13.2. The first kappa shape index (κ1) is 13.4. The number of aromatic nitrogens is 2. The largest absolute Gasteiger partial charge is 0.393 e. The molecule has 2 heterocycles. The molecule has 0 aliphatic carbocycles. The highest BCUT2D eigenvalue weighted by molar-refractivity contribution is 6.32. The molecular weight excluding hydrogens is 252 g/mol. The lowest BCUT2D eigenvalue weighted by Gasteiger charge is -2.31. The maximum atomic E-state index is 9.51. The van der Waals surface area contributed by atoms with E-state index in [0.717, 1.165) is 44.7 Å². The molecule has 6 heteroatoms. The molecule has 0 spiro atoms. The molecule has 0 unspecified atom stereocenters. The van der Waals surface area contributed by atoms with Gasteiger partial charge in [-0.3, -0.25) is 0 Å². The second-order valence-corrected chi connectivity index (χ2v) is 4.92. The first-order valence-electron chi connectivity index (χ1n) is 6.40. The molecule has 1 aliphatic heterocycles. The van der Waals surface area contributed by atoms with Gasteiger partial charge in [-0.15, -0.1) is 0 Å². The van der Waals surface area contributed by atoms with Crippen molar-refractivity contribution in [2.75, 3.05) is 29.9 Å². The summed E-state index contributed by atoms with van der Waals surface area (Å²) in [6.07, 6.45) is 3.99. The molecular formula is C12H19ClN4O. The summed E-state index contributed by atoms with van der Waals surface area (Å²) in [6.45, 7) is 4.51. The minimum atomic E-state index is -0.195. The average molecular weight is 271 g/mol. The molecule has 0 amide bonds. The van der Waals surface area contributed by atoms with E-state index in [9.17, 15) is 5.11 Å². The molecule has 1 fully saturated rings. The van der Waals surface area contributed by atoms with E-state index in [-0.39, 0.29) is 6.10 Å². The van der Waals surface area contributed by atoms with E-state index >= 15 is 0 Å². The lowest BCUT2D eigenvalue weighted by atomic mass is 10.1. The van der Waals surface area contributed by atoms with Gasteiger partial charge >= 0.3 is 0 Å². The Morgan fingerprint density at radius 2 is 2.22 bits per heavy atom. The summed E-state index contributed by atoms with van der Waals surface area (Å²) in [7, 11) is 0. The highest BCUT2D eigenvalue weighted by Crippen LogP contribution is 2.26. The van der Waals surface area contributed by atoms with E-state index in [1.165, 1.54) is 0 Å². The number of piperidine rings is 1. The molecule has 18 heavy (non-hydrogen) atoms. The number of nitrogens with zero attached hydrogens (tertiary/aromatic N) is 3. The number of halogens is 1. The van der Waals surface area contributed by atoms with Crippen LogP contribution in [0.4, 0.5) is 11.8 Å². The third-order valence-corrected chi connectivity index (χ3v) is 3.29. The molecule has 0 radical (unpaired) electrons. The number of hydrogen-bond acceptors (Lipinski definition) is 5. The van der Waals surface area contributed by atoms with Crippen LogP contribution in [0.5, 0.6) is 0 Å². The van der Waals surface area contributed by atoms with Gasteiger partial charge in [0.05, 0.1) is 12.3 Å². The summed E-state index contributed by atoms with van der Waals surface area (Å²) in [6, 6.07) is 0. The van der Waals surface area contributed by atoms with Crippen LogP contribution in [-0.4, -0.2) is 40.8 Å². The van der Waals surface area contributed by atoms with Crippen molar-refractivity contribution in [1.29, 1.82) is 0 Å². The van der Waals surface area contributed by atoms with Crippen molar-refractivity contribution in [3.05, 3.63) is 11.2 Å². The van der Waals surface area contributed by atoms with Crippen molar-refractivity contribution in [2.45, 2.75) is 32.3 Å². The van der Waals surface area contributed by atoms with Crippen LogP contribution in [0.1, 0.15) is 26.2 Å². The first-order valence-corrected chi connectivity index (χ1v) is 6.78. The zero-order valence-electron chi connectivity index (χ0n) is 10.6. The van der Waals surface area contributed by atoms with Gasteiger partial charge in [-0.1, -0.05) is 18.5 Å². The quantitative estimate of drug-likeness (QED) is 0.875. The van der Waals surface area contributed by atoms with Gasteiger partial charge in [-0.05, 0) is 19.3 Å². The molecule has 1 aromatic rings. The zero-order chi connectivity index (χ0) is 13.0. The Kier molecular flexibility index (Phi) is 4.60. The van der Waals surface area contributed by atoms with Crippen LogP contribution in [0.25, 0.3) is 0 Å². The van der Waals surface area contributed by atoms with Crippen molar-refractivity contribution in [3.63, 3.8) is 0 Å². The van der Waals surface area contributed by atoms with Crippen LogP contribution in [0.15, 0.2) is 6.20 Å². The molecule has 100 valence electrons. The van der Waals surface area contributed by atoms with Crippen molar-refractivity contribution >= 4 is 23.4 Å². The maximum Gasteiger partial charge on any atom is 0.224 e. The van der Waals surface area contributed by atoms with Crippen molar-refractivity contribution < 1.29 is 5.11 Å². The van der Waals surface area contributed by atoms with Crippen molar-refractivity contribution in [2.24, 2.45) is 0 Å². The molecule has 0 aromatic carbocycles. The molecule has 5 nitrogen and oxygen atoms in total. The van der Waals surface area contributed by atoms with E-state index < -0.39 is 0 Å². The van der Waals surface area contributed by atoms with Crippen LogP contribution in [0.2, 0.25) is 5.02 Å². The minimum absolute atomic E-state index is 0.195. The fourth-order valence-corrected chi connectivity index (χ4v) is 2.19. The van der Waals surface area contributed by atoms with Crippen LogP contribution in [-0.2, 0) is 0 Å². The van der Waals surface area contributed by atoms with Gasteiger partial charge in [0.15, 0.2) is 5.82 Å². The van der Waals surface area contributed by atoms with Gasteiger partial charge < -0.3 is 15.3 Å². The van der Waals surface area contributed by atoms with Crippen LogP contribution in [0.3, 0.4) is 0 Å². The predicted molar refractivity (Wildman–Crippen MR) is 73.3 cm³/mol. The molecule has 2 N–H and O–H groups in total. The topological polar surface area (TPSA) is 61.3 Å². The number of aliphatic hydroxyl groups is 1. The van der Waals surface area contributed by atoms with Crippen LogP contribution >= 0.6 is 11.6 Å². The lowest BCUT2D eigenvalue weighted by molar-refractivity contribution is 0.145. The Morgan fingerprint density at radius 3 is 2.89 bits per heavy atom. The summed E-state index contributed by atoms with van der Waals surface area (Å²) < 4.78 is 0. The highest BCUT2D eigenvalue weighted by atomic mass is 35.5. The maximum absolute atomic E-state index is 9.51. The Balaban J connectivity index is 2.10. The zero-order valence-corrected chi connectivity index (χ0v) is 11.3. The molecule has 2 rings (SSSR count). The van der Waals surface area contributed by atoms with E-state index in [0.29, 0.717) is 11.0 Å². The van der Waals surface area contributed by atoms with Gasteiger partial charge in [0.1, 0.15) is 5.02 Å². The standard InChI is InChI=1S/C12H19ClN4O/c1-2-5-14-12-15-8-10(13)11(16-12)17-6-3-9(18)4-7-17/h8-9,18H,2-7H2,1H3,(H,14,15,16). The molecule has 0 atom stereocenters. The smallest absolute Gasteiger partial charge is 0.224 e. The highest BCUT2D eigenvalue weighted by Gasteiger charge is 2.20. The normalized spacial score (nSPS) is 16.9. The Labute approximate surface area is 112 Å². The van der Waals surface area contributed by atoms with E-state index in [1.54, 1.807) is 6.20 Å². The summed E-state index contributed by atoms with van der Waals surface area (Å²) in [4.78, 5) is 10.7. The lowest BCUT2D eigenvalue weighted by Crippen LogP contribution is -2.36. The van der Waals surface area contributed by atoms with Gasteiger partial charge in [-0.2, -0.15) is 4.98 Å².